The summed E-state index contributed by atoms with van der Waals surface area (Å²) < 4.78 is 5.67. The van der Waals surface area contributed by atoms with E-state index in [0.29, 0.717) is 12.3 Å². The molecule has 166 valence electrons. The second kappa shape index (κ2) is 9.38. The summed E-state index contributed by atoms with van der Waals surface area (Å²) in [6, 6.07) is 11.4. The van der Waals surface area contributed by atoms with Gasteiger partial charge in [-0.15, -0.1) is 0 Å². The van der Waals surface area contributed by atoms with E-state index in [1.54, 1.807) is 0 Å². The molecule has 1 atom stereocenters. The van der Waals surface area contributed by atoms with Crippen molar-refractivity contribution in [1.82, 2.24) is 25.1 Å². The number of piperidine rings is 1. The lowest BCUT2D eigenvalue weighted by Gasteiger charge is -2.32. The monoisotopic (exact) mass is 432 g/mol. The number of carbonyl (C=O) groups is 1. The van der Waals surface area contributed by atoms with Gasteiger partial charge in [0.25, 0.3) is 5.91 Å². The van der Waals surface area contributed by atoms with Crippen molar-refractivity contribution in [3.05, 3.63) is 54.5 Å². The van der Waals surface area contributed by atoms with Gasteiger partial charge < -0.3 is 14.5 Å². The van der Waals surface area contributed by atoms with Crippen LogP contribution in [0.15, 0.2) is 48.8 Å². The third-order valence-electron chi connectivity index (χ3n) is 6.26. The van der Waals surface area contributed by atoms with Crippen LogP contribution in [0.1, 0.15) is 37.3 Å². The lowest BCUT2D eigenvalue weighted by atomic mass is 9.91. The zero-order chi connectivity index (χ0) is 21.8. The molecule has 2 fully saturated rings. The number of likely N-dealkylation sites (tertiary alicyclic amines) is 1. The number of aromatic nitrogens is 4. The summed E-state index contributed by atoms with van der Waals surface area (Å²) in [6.45, 7) is 3.47. The van der Waals surface area contributed by atoms with Gasteiger partial charge in [-0.3, -0.25) is 9.89 Å². The number of hydrogen-bond acceptors (Lipinski definition) is 6. The number of aromatic amines is 1. The molecule has 0 saturated carbocycles. The van der Waals surface area contributed by atoms with Crippen molar-refractivity contribution in [2.75, 3.05) is 37.7 Å². The lowest BCUT2D eigenvalue weighted by Crippen LogP contribution is -2.41. The average molecular weight is 433 g/mol. The van der Waals surface area contributed by atoms with Crippen molar-refractivity contribution < 1.29 is 9.53 Å². The second-order valence-electron chi connectivity index (χ2n) is 8.41. The highest BCUT2D eigenvalue weighted by Gasteiger charge is 2.28. The first-order valence-corrected chi connectivity index (χ1v) is 11.3. The third-order valence-corrected chi connectivity index (χ3v) is 6.26. The number of ether oxygens (including phenoxy) is 1. The van der Waals surface area contributed by atoms with Crippen molar-refractivity contribution in [3.63, 3.8) is 0 Å². The highest BCUT2D eigenvalue weighted by atomic mass is 16.5. The molecule has 2 aliphatic rings. The molecule has 3 aromatic rings. The Hall–Kier alpha value is -3.42. The molecule has 1 amide bonds. The van der Waals surface area contributed by atoms with E-state index < -0.39 is 0 Å². The number of hydrogen-bond donors (Lipinski definition) is 1. The van der Waals surface area contributed by atoms with Crippen molar-refractivity contribution in [2.45, 2.75) is 31.6 Å². The highest BCUT2D eigenvalue weighted by molar-refractivity contribution is 5.78. The fraction of sp³-hybridized carbons (Fsp3) is 0.417. The molecule has 0 aliphatic carbocycles. The molecule has 0 radical (unpaired) electrons. The molecule has 0 bridgehead atoms. The van der Waals surface area contributed by atoms with Gasteiger partial charge in [-0.2, -0.15) is 5.10 Å². The van der Waals surface area contributed by atoms with E-state index >= 15 is 0 Å². The molecule has 2 aromatic heterocycles. The summed E-state index contributed by atoms with van der Waals surface area (Å²) in [6.07, 6.45) is 7.98. The van der Waals surface area contributed by atoms with E-state index in [-0.39, 0.29) is 18.4 Å². The normalized spacial score (nSPS) is 18.7. The molecule has 1 aromatic carbocycles. The first-order chi connectivity index (χ1) is 15.8. The molecule has 0 spiro atoms. The van der Waals surface area contributed by atoms with Crippen LogP contribution in [0, 0.1) is 0 Å². The SMILES string of the molecule is O=C(COc1ccccc1)N1CCC[C@H](c2[nH]ncc2-c2ccnc(N3CCCC3)n2)C1. The van der Waals surface area contributed by atoms with Gasteiger partial charge in [0, 0.05) is 49.6 Å². The van der Waals surface area contributed by atoms with Gasteiger partial charge in [-0.1, -0.05) is 18.2 Å². The van der Waals surface area contributed by atoms with Gasteiger partial charge in [0.1, 0.15) is 5.75 Å². The molecule has 4 heterocycles. The van der Waals surface area contributed by atoms with Crippen LogP contribution >= 0.6 is 0 Å². The number of anilines is 1. The van der Waals surface area contributed by atoms with Crippen LogP contribution in [0.2, 0.25) is 0 Å². The van der Waals surface area contributed by atoms with Gasteiger partial charge in [0.2, 0.25) is 5.95 Å². The minimum absolute atomic E-state index is 0.0120. The fourth-order valence-corrected chi connectivity index (χ4v) is 4.57. The van der Waals surface area contributed by atoms with E-state index in [2.05, 4.69) is 20.1 Å². The number of nitrogens with one attached hydrogen (secondary N) is 1. The number of amides is 1. The zero-order valence-corrected chi connectivity index (χ0v) is 18.1. The lowest BCUT2D eigenvalue weighted by molar-refractivity contribution is -0.134. The first kappa shape index (κ1) is 20.5. The van der Waals surface area contributed by atoms with E-state index in [0.717, 1.165) is 55.4 Å². The van der Waals surface area contributed by atoms with E-state index in [1.165, 1.54) is 12.8 Å². The number of nitrogens with zero attached hydrogens (tertiary/aromatic N) is 5. The summed E-state index contributed by atoms with van der Waals surface area (Å²) in [5, 5.41) is 7.51. The third kappa shape index (κ3) is 4.44. The number of benzene rings is 1. The zero-order valence-electron chi connectivity index (χ0n) is 18.1. The molecular weight excluding hydrogens is 404 g/mol. The maximum Gasteiger partial charge on any atom is 0.260 e. The topological polar surface area (TPSA) is 87.2 Å². The number of para-hydroxylation sites is 1. The number of carbonyl (C=O) groups excluding carboxylic acids is 1. The summed E-state index contributed by atoms with van der Waals surface area (Å²) in [4.78, 5) is 26.2. The summed E-state index contributed by atoms with van der Waals surface area (Å²) in [7, 11) is 0. The van der Waals surface area contributed by atoms with Crippen LogP contribution in [-0.2, 0) is 4.79 Å². The Kier molecular flexibility index (Phi) is 6.00. The van der Waals surface area contributed by atoms with Crippen LogP contribution in [0.3, 0.4) is 0 Å². The average Bonchev–Trinajstić information content (AvgIpc) is 3.56. The molecule has 5 rings (SSSR count). The van der Waals surface area contributed by atoms with Crippen molar-refractivity contribution >= 4 is 11.9 Å². The van der Waals surface area contributed by atoms with E-state index in [1.807, 2.05) is 53.7 Å². The molecule has 2 aliphatic heterocycles. The Labute approximate surface area is 187 Å². The van der Waals surface area contributed by atoms with E-state index in [9.17, 15) is 4.79 Å². The molecule has 0 unspecified atom stereocenters. The molecule has 8 heteroatoms. The summed E-state index contributed by atoms with van der Waals surface area (Å²) >= 11 is 0. The molecule has 1 N–H and O–H groups in total. The quantitative estimate of drug-likeness (QED) is 0.643. The summed E-state index contributed by atoms with van der Waals surface area (Å²) in [5.41, 5.74) is 2.91. The Morgan fingerprint density at radius 1 is 1.09 bits per heavy atom. The van der Waals surface area contributed by atoms with Crippen LogP contribution in [0.25, 0.3) is 11.3 Å². The van der Waals surface area contributed by atoms with Gasteiger partial charge in [-0.25, -0.2) is 9.97 Å². The maximum atomic E-state index is 12.8. The molecule has 2 saturated heterocycles. The minimum Gasteiger partial charge on any atom is -0.484 e. The van der Waals surface area contributed by atoms with Gasteiger partial charge in [0.05, 0.1) is 11.9 Å². The Bertz CT molecular complexity index is 1050. The highest BCUT2D eigenvalue weighted by Crippen LogP contribution is 2.33. The number of H-pyrrole nitrogens is 1. The van der Waals surface area contributed by atoms with Gasteiger partial charge >= 0.3 is 0 Å². The fourth-order valence-electron chi connectivity index (χ4n) is 4.57. The minimum atomic E-state index is 0.0120. The smallest absolute Gasteiger partial charge is 0.260 e. The van der Waals surface area contributed by atoms with Crippen molar-refractivity contribution in [3.8, 4) is 17.0 Å². The predicted molar refractivity (Wildman–Crippen MR) is 122 cm³/mol. The Balaban J connectivity index is 1.28. The standard InChI is InChI=1S/C24H28N6O2/c31-22(17-32-19-8-2-1-3-9-19)30-14-6-7-18(16-30)23-20(15-26-28-23)21-10-11-25-24(27-21)29-12-4-5-13-29/h1-3,8-11,15,18H,4-7,12-14,16-17H2,(H,26,28)/t18-/m0/s1. The Morgan fingerprint density at radius 3 is 2.78 bits per heavy atom. The van der Waals surface area contributed by atoms with Gasteiger partial charge in [-0.05, 0) is 43.9 Å². The van der Waals surface area contributed by atoms with Crippen LogP contribution in [-0.4, -0.2) is 63.8 Å². The van der Waals surface area contributed by atoms with Crippen LogP contribution < -0.4 is 9.64 Å². The van der Waals surface area contributed by atoms with Crippen molar-refractivity contribution in [2.24, 2.45) is 0 Å². The summed E-state index contributed by atoms with van der Waals surface area (Å²) in [5.74, 6) is 1.69. The second-order valence-corrected chi connectivity index (χ2v) is 8.41. The Morgan fingerprint density at radius 2 is 1.94 bits per heavy atom. The molecular formula is C24H28N6O2. The predicted octanol–water partition coefficient (Wildman–Crippen LogP) is 3.25. The first-order valence-electron chi connectivity index (χ1n) is 11.3. The van der Waals surface area contributed by atoms with Crippen LogP contribution in [0.4, 0.5) is 5.95 Å². The largest absolute Gasteiger partial charge is 0.484 e. The molecule has 32 heavy (non-hydrogen) atoms. The number of rotatable bonds is 6. The maximum absolute atomic E-state index is 12.8. The van der Waals surface area contributed by atoms with Gasteiger partial charge in [0.15, 0.2) is 6.61 Å². The van der Waals surface area contributed by atoms with Crippen LogP contribution in [0.5, 0.6) is 5.75 Å². The van der Waals surface area contributed by atoms with E-state index in [4.69, 9.17) is 9.72 Å². The molecule has 8 nitrogen and oxygen atoms in total. The van der Waals surface area contributed by atoms with Crippen molar-refractivity contribution in [1.29, 1.82) is 0 Å².